The van der Waals surface area contributed by atoms with Gasteiger partial charge in [-0.2, -0.15) is 0 Å². The lowest BCUT2D eigenvalue weighted by Gasteiger charge is -2.29. The normalized spacial score (nSPS) is 28.4. The van der Waals surface area contributed by atoms with Crippen LogP contribution in [0.3, 0.4) is 0 Å². The molecule has 2 aliphatic rings. The summed E-state index contributed by atoms with van der Waals surface area (Å²) in [5.74, 6) is -0.752. The molecule has 2 heterocycles. The van der Waals surface area contributed by atoms with Crippen LogP contribution >= 0.6 is 0 Å². The highest BCUT2D eigenvalue weighted by Gasteiger charge is 2.33. The molecule has 2 unspecified atom stereocenters. The van der Waals surface area contributed by atoms with Crippen LogP contribution in [0.5, 0.6) is 0 Å². The Morgan fingerprint density at radius 2 is 2.32 bits per heavy atom. The number of piperidine rings is 1. The molecule has 7 heteroatoms. The van der Waals surface area contributed by atoms with E-state index < -0.39 is 6.04 Å². The molecule has 2 saturated heterocycles. The van der Waals surface area contributed by atoms with Crippen LogP contribution in [0.4, 0.5) is 0 Å². The minimum Gasteiger partial charge on any atom is -0.375 e. The molecular formula is C12H19N3O4. The second kappa shape index (κ2) is 6.12. The quantitative estimate of drug-likeness (QED) is 0.617. The van der Waals surface area contributed by atoms with Crippen LogP contribution < -0.4 is 10.6 Å². The molecule has 3 amide bonds. The van der Waals surface area contributed by atoms with Crippen molar-refractivity contribution in [1.82, 2.24) is 15.5 Å². The zero-order valence-electron chi connectivity index (χ0n) is 11.0. The molecule has 2 rings (SSSR count). The van der Waals surface area contributed by atoms with Gasteiger partial charge in [0.15, 0.2) is 0 Å². The van der Waals surface area contributed by atoms with E-state index in [2.05, 4.69) is 10.6 Å². The fourth-order valence-electron chi connectivity index (χ4n) is 2.26. The number of carbonyl (C=O) groups is 3. The number of nitrogens with zero attached hydrogens (tertiary/aromatic N) is 1. The number of likely N-dealkylation sites (tertiary alicyclic amines) is 1. The Morgan fingerprint density at radius 1 is 1.53 bits per heavy atom. The highest BCUT2D eigenvalue weighted by Crippen LogP contribution is 2.12. The van der Waals surface area contributed by atoms with Gasteiger partial charge in [0.1, 0.15) is 6.04 Å². The summed E-state index contributed by atoms with van der Waals surface area (Å²) in [6.07, 6.45) is 0.743. The van der Waals surface area contributed by atoms with E-state index in [1.807, 2.05) is 0 Å². The second-order valence-electron chi connectivity index (χ2n) is 4.85. The molecule has 0 radical (unpaired) electrons. The number of rotatable bonds is 3. The number of hydrogen-bond donors (Lipinski definition) is 2. The first-order valence-corrected chi connectivity index (χ1v) is 6.50. The summed E-state index contributed by atoms with van der Waals surface area (Å²) in [6, 6.07) is -0.591. The van der Waals surface area contributed by atoms with Gasteiger partial charge in [0.2, 0.25) is 11.8 Å². The topological polar surface area (TPSA) is 87.7 Å². The molecule has 0 aromatic heterocycles. The van der Waals surface area contributed by atoms with E-state index in [4.69, 9.17) is 4.74 Å². The van der Waals surface area contributed by atoms with Crippen LogP contribution in [0.1, 0.15) is 19.3 Å². The molecule has 0 bridgehead atoms. The maximum Gasteiger partial charge on any atom is 0.251 e. The van der Waals surface area contributed by atoms with Gasteiger partial charge in [-0.3, -0.25) is 19.3 Å². The van der Waals surface area contributed by atoms with Gasteiger partial charge in [0.05, 0.1) is 19.1 Å². The molecule has 2 fully saturated rings. The third kappa shape index (κ3) is 3.51. The average molecular weight is 269 g/mol. The fraction of sp³-hybridized carbons (Fsp3) is 0.750. The average Bonchev–Trinajstić information content (AvgIpc) is 2.41. The van der Waals surface area contributed by atoms with Crippen molar-refractivity contribution in [3.63, 3.8) is 0 Å². The van der Waals surface area contributed by atoms with Crippen molar-refractivity contribution in [2.75, 3.05) is 26.7 Å². The van der Waals surface area contributed by atoms with Crippen LogP contribution in [-0.4, -0.2) is 61.5 Å². The van der Waals surface area contributed by atoms with Crippen LogP contribution in [0.2, 0.25) is 0 Å². The first kappa shape index (κ1) is 14.0. The molecule has 0 aromatic rings. The van der Waals surface area contributed by atoms with E-state index in [0.29, 0.717) is 19.6 Å². The van der Waals surface area contributed by atoms with Crippen molar-refractivity contribution in [1.29, 1.82) is 0 Å². The van der Waals surface area contributed by atoms with E-state index in [-0.39, 0.29) is 36.7 Å². The Labute approximate surface area is 111 Å². The van der Waals surface area contributed by atoms with Gasteiger partial charge in [-0.05, 0) is 6.42 Å². The van der Waals surface area contributed by atoms with Crippen molar-refractivity contribution in [3.05, 3.63) is 0 Å². The van der Waals surface area contributed by atoms with E-state index in [0.717, 1.165) is 11.4 Å². The van der Waals surface area contributed by atoms with Crippen molar-refractivity contribution in [2.24, 2.45) is 0 Å². The highest BCUT2D eigenvalue weighted by molar-refractivity contribution is 6.01. The number of likely N-dealkylation sites (N-methyl/N-ethyl adjacent to an activating group) is 1. The number of amides is 3. The first-order chi connectivity index (χ1) is 9.08. The van der Waals surface area contributed by atoms with Crippen molar-refractivity contribution in [2.45, 2.75) is 31.4 Å². The summed E-state index contributed by atoms with van der Waals surface area (Å²) in [7, 11) is 1.44. The largest absolute Gasteiger partial charge is 0.375 e. The Morgan fingerprint density at radius 3 is 3.00 bits per heavy atom. The molecule has 19 heavy (non-hydrogen) atoms. The number of nitrogens with one attached hydrogen (secondary N) is 2. The Hall–Kier alpha value is -1.47. The predicted molar refractivity (Wildman–Crippen MR) is 66.2 cm³/mol. The van der Waals surface area contributed by atoms with Gasteiger partial charge in [0, 0.05) is 26.6 Å². The van der Waals surface area contributed by atoms with Gasteiger partial charge in [-0.25, -0.2) is 0 Å². The maximum atomic E-state index is 11.8. The SMILES string of the molecule is CN1C(=O)CCC(NC(=O)CC2CNCCO2)C1=O. The molecule has 2 aliphatic heterocycles. The Kier molecular flexibility index (Phi) is 4.49. The molecule has 0 saturated carbocycles. The predicted octanol–water partition coefficient (Wildman–Crippen LogP) is -1.37. The van der Waals surface area contributed by atoms with Gasteiger partial charge < -0.3 is 15.4 Å². The number of ether oxygens (including phenoxy) is 1. The zero-order chi connectivity index (χ0) is 13.8. The van der Waals surface area contributed by atoms with Crippen molar-refractivity contribution in [3.8, 4) is 0 Å². The monoisotopic (exact) mass is 269 g/mol. The van der Waals surface area contributed by atoms with Crippen molar-refractivity contribution < 1.29 is 19.1 Å². The van der Waals surface area contributed by atoms with Crippen LogP contribution in [0.25, 0.3) is 0 Å². The second-order valence-corrected chi connectivity index (χ2v) is 4.85. The summed E-state index contributed by atoms with van der Waals surface area (Å²) in [5.41, 5.74) is 0. The third-order valence-corrected chi connectivity index (χ3v) is 3.40. The van der Waals surface area contributed by atoms with Crippen LogP contribution in [0, 0.1) is 0 Å². The summed E-state index contributed by atoms with van der Waals surface area (Å²) in [5, 5.41) is 5.82. The highest BCUT2D eigenvalue weighted by atomic mass is 16.5. The van der Waals surface area contributed by atoms with Gasteiger partial charge in [-0.1, -0.05) is 0 Å². The van der Waals surface area contributed by atoms with E-state index in [1.54, 1.807) is 0 Å². The van der Waals surface area contributed by atoms with E-state index in [1.165, 1.54) is 7.05 Å². The number of morpholine rings is 1. The minimum absolute atomic E-state index is 0.146. The van der Waals surface area contributed by atoms with Crippen LogP contribution in [-0.2, 0) is 19.1 Å². The minimum atomic E-state index is -0.591. The first-order valence-electron chi connectivity index (χ1n) is 6.50. The van der Waals surface area contributed by atoms with Gasteiger partial charge in [-0.15, -0.1) is 0 Å². The molecular weight excluding hydrogens is 250 g/mol. The summed E-state index contributed by atoms with van der Waals surface area (Å²) in [6.45, 7) is 2.04. The molecule has 7 nitrogen and oxygen atoms in total. The van der Waals surface area contributed by atoms with E-state index in [9.17, 15) is 14.4 Å². The lowest BCUT2D eigenvalue weighted by molar-refractivity contribution is -0.149. The van der Waals surface area contributed by atoms with Crippen molar-refractivity contribution >= 4 is 17.7 Å². The molecule has 0 aromatic carbocycles. The van der Waals surface area contributed by atoms with Gasteiger partial charge >= 0.3 is 0 Å². The molecule has 2 N–H and O–H groups in total. The smallest absolute Gasteiger partial charge is 0.251 e. The maximum absolute atomic E-state index is 11.8. The van der Waals surface area contributed by atoms with Crippen LogP contribution in [0.15, 0.2) is 0 Å². The third-order valence-electron chi connectivity index (χ3n) is 3.40. The number of hydrogen-bond acceptors (Lipinski definition) is 5. The standard InChI is InChI=1S/C12H19N3O4/c1-15-11(17)3-2-9(12(15)18)14-10(16)6-8-7-13-4-5-19-8/h8-9,13H,2-7H2,1H3,(H,14,16). The summed E-state index contributed by atoms with van der Waals surface area (Å²) in [4.78, 5) is 36.0. The molecule has 0 aliphatic carbocycles. The van der Waals surface area contributed by atoms with Gasteiger partial charge in [0.25, 0.3) is 5.91 Å². The molecule has 0 spiro atoms. The lowest BCUT2D eigenvalue weighted by atomic mass is 10.0. The molecule has 2 atom stereocenters. The molecule has 106 valence electrons. The van der Waals surface area contributed by atoms with E-state index >= 15 is 0 Å². The zero-order valence-corrected chi connectivity index (χ0v) is 11.0. The number of carbonyl (C=O) groups excluding carboxylic acids is 3. The summed E-state index contributed by atoms with van der Waals surface area (Å²) < 4.78 is 5.43. The lowest BCUT2D eigenvalue weighted by Crippen LogP contribution is -2.53. The Balaban J connectivity index is 1.81. The fourth-order valence-corrected chi connectivity index (χ4v) is 2.26. The Bertz CT molecular complexity index is 379. The summed E-state index contributed by atoms with van der Waals surface area (Å²) >= 11 is 0. The number of imide groups is 1.